The van der Waals surface area contributed by atoms with E-state index in [2.05, 4.69) is 20.3 Å². The second kappa shape index (κ2) is 6.67. The zero-order valence-electron chi connectivity index (χ0n) is 11.3. The molecule has 0 spiro atoms. The summed E-state index contributed by atoms with van der Waals surface area (Å²) in [5.74, 6) is 0.170. The summed E-state index contributed by atoms with van der Waals surface area (Å²) in [5, 5.41) is 2.78. The third-order valence-corrected chi connectivity index (χ3v) is 2.97. The second-order valence-corrected chi connectivity index (χ2v) is 4.41. The van der Waals surface area contributed by atoms with Crippen molar-refractivity contribution in [2.45, 2.75) is 13.0 Å². The normalized spacial score (nSPS) is 18.8. The monoisotopic (exact) mass is 301 g/mol. The lowest BCUT2D eigenvalue weighted by Gasteiger charge is -2.34. The highest BCUT2D eigenvalue weighted by Crippen LogP contribution is 2.19. The van der Waals surface area contributed by atoms with E-state index in [1.165, 1.54) is 7.11 Å². The lowest BCUT2D eigenvalue weighted by Crippen LogP contribution is -2.54. The molecule has 0 bridgehead atoms. The third-order valence-electron chi connectivity index (χ3n) is 2.80. The molecule has 2 rings (SSSR count). The summed E-state index contributed by atoms with van der Waals surface area (Å²) < 4.78 is 10.3. The molecule has 9 heteroatoms. The lowest BCUT2D eigenvalue weighted by atomic mass is 10.2. The van der Waals surface area contributed by atoms with E-state index in [-0.39, 0.29) is 23.8 Å². The molecule has 1 atom stereocenters. The van der Waals surface area contributed by atoms with Crippen LogP contribution < -0.4 is 15.0 Å². The molecule has 2 heterocycles. The fourth-order valence-corrected chi connectivity index (χ4v) is 2.04. The van der Waals surface area contributed by atoms with Gasteiger partial charge in [0.05, 0.1) is 20.3 Å². The first kappa shape index (κ1) is 14.7. The fraction of sp³-hybridized carbons (Fsp3) is 0.636. The van der Waals surface area contributed by atoms with E-state index in [1.54, 1.807) is 4.90 Å². The largest absolute Gasteiger partial charge is 0.467 e. The number of ether oxygens (including phenoxy) is 2. The quantitative estimate of drug-likeness (QED) is 0.829. The van der Waals surface area contributed by atoms with Crippen molar-refractivity contribution in [3.05, 3.63) is 5.28 Å². The Morgan fingerprint density at radius 1 is 1.55 bits per heavy atom. The number of nitrogens with one attached hydrogen (secondary N) is 1. The van der Waals surface area contributed by atoms with Crippen molar-refractivity contribution in [3.8, 4) is 6.01 Å². The van der Waals surface area contributed by atoms with Gasteiger partial charge in [0.25, 0.3) is 0 Å². The summed E-state index contributed by atoms with van der Waals surface area (Å²) in [6.07, 6.45) is 0. The standard InChI is InChI=1S/C11H16ClN5O3/c1-3-13-8(18)7-6-20-5-4-17(7)10-14-9(12)15-11(16-10)19-2/h7H,3-6H2,1-2H3,(H,13,18). The van der Waals surface area contributed by atoms with Crippen LogP contribution in [0.4, 0.5) is 5.95 Å². The summed E-state index contributed by atoms with van der Waals surface area (Å²) in [7, 11) is 1.44. The predicted octanol–water partition coefficient (Wildman–Crippen LogP) is -0.125. The highest BCUT2D eigenvalue weighted by Gasteiger charge is 2.31. The zero-order chi connectivity index (χ0) is 14.5. The molecule has 0 aliphatic carbocycles. The van der Waals surface area contributed by atoms with Crippen molar-refractivity contribution in [1.29, 1.82) is 0 Å². The summed E-state index contributed by atoms with van der Waals surface area (Å²) in [4.78, 5) is 25.8. The number of methoxy groups -OCH3 is 1. The van der Waals surface area contributed by atoms with Gasteiger partial charge in [-0.3, -0.25) is 4.79 Å². The minimum atomic E-state index is -0.494. The van der Waals surface area contributed by atoms with Gasteiger partial charge < -0.3 is 19.7 Å². The predicted molar refractivity (Wildman–Crippen MR) is 72.0 cm³/mol. The number of rotatable bonds is 4. The van der Waals surface area contributed by atoms with Gasteiger partial charge in [-0.15, -0.1) is 0 Å². The second-order valence-electron chi connectivity index (χ2n) is 4.07. The van der Waals surface area contributed by atoms with Gasteiger partial charge in [0.2, 0.25) is 17.1 Å². The van der Waals surface area contributed by atoms with Crippen LogP contribution in [-0.2, 0) is 9.53 Å². The number of hydrogen-bond acceptors (Lipinski definition) is 7. The number of likely N-dealkylation sites (N-methyl/N-ethyl adjacent to an activating group) is 1. The SMILES string of the molecule is CCNC(=O)C1COCCN1c1nc(Cl)nc(OC)n1. The molecule has 1 aromatic heterocycles. The lowest BCUT2D eigenvalue weighted by molar-refractivity contribution is -0.124. The van der Waals surface area contributed by atoms with E-state index >= 15 is 0 Å². The number of nitrogens with zero attached hydrogens (tertiary/aromatic N) is 4. The smallest absolute Gasteiger partial charge is 0.322 e. The number of anilines is 1. The van der Waals surface area contributed by atoms with E-state index in [0.29, 0.717) is 25.6 Å². The molecule has 0 radical (unpaired) electrons. The van der Waals surface area contributed by atoms with Gasteiger partial charge in [0, 0.05) is 13.1 Å². The van der Waals surface area contributed by atoms with Gasteiger partial charge in [0.15, 0.2) is 0 Å². The van der Waals surface area contributed by atoms with Crippen LogP contribution in [-0.4, -0.2) is 60.3 Å². The highest BCUT2D eigenvalue weighted by molar-refractivity contribution is 6.28. The molecule has 1 aliphatic heterocycles. The Morgan fingerprint density at radius 3 is 3.05 bits per heavy atom. The van der Waals surface area contributed by atoms with Crippen LogP contribution >= 0.6 is 11.6 Å². The van der Waals surface area contributed by atoms with E-state index in [4.69, 9.17) is 21.1 Å². The van der Waals surface area contributed by atoms with Gasteiger partial charge in [-0.1, -0.05) is 0 Å². The molecule has 1 unspecified atom stereocenters. The number of amides is 1. The molecule has 1 aromatic rings. The number of hydrogen-bond donors (Lipinski definition) is 1. The van der Waals surface area contributed by atoms with E-state index in [9.17, 15) is 4.79 Å². The molecule has 1 aliphatic rings. The maximum atomic E-state index is 12.1. The Bertz CT molecular complexity index is 487. The number of morpholine rings is 1. The van der Waals surface area contributed by atoms with Gasteiger partial charge in [-0.05, 0) is 18.5 Å². The van der Waals surface area contributed by atoms with E-state index in [0.717, 1.165) is 0 Å². The Labute approximate surface area is 121 Å². The van der Waals surface area contributed by atoms with E-state index < -0.39 is 6.04 Å². The zero-order valence-corrected chi connectivity index (χ0v) is 12.1. The Morgan fingerprint density at radius 2 is 2.35 bits per heavy atom. The Hall–Kier alpha value is -1.67. The minimum absolute atomic E-state index is 0.0213. The number of halogens is 1. The molecule has 1 N–H and O–H groups in total. The molecule has 8 nitrogen and oxygen atoms in total. The number of carbonyl (C=O) groups excluding carboxylic acids is 1. The van der Waals surface area contributed by atoms with Crippen molar-refractivity contribution in [2.75, 3.05) is 38.3 Å². The molecule has 1 amide bonds. The molecular weight excluding hydrogens is 286 g/mol. The van der Waals surface area contributed by atoms with Crippen LogP contribution in [0.25, 0.3) is 0 Å². The maximum absolute atomic E-state index is 12.1. The van der Waals surface area contributed by atoms with Gasteiger partial charge in [0.1, 0.15) is 6.04 Å². The van der Waals surface area contributed by atoms with E-state index in [1.807, 2.05) is 6.92 Å². The van der Waals surface area contributed by atoms with Crippen LogP contribution in [0.3, 0.4) is 0 Å². The topological polar surface area (TPSA) is 89.5 Å². The highest BCUT2D eigenvalue weighted by atomic mass is 35.5. The first-order chi connectivity index (χ1) is 9.65. The maximum Gasteiger partial charge on any atom is 0.322 e. The molecule has 20 heavy (non-hydrogen) atoms. The van der Waals surface area contributed by atoms with Crippen LogP contribution in [0.2, 0.25) is 5.28 Å². The minimum Gasteiger partial charge on any atom is -0.467 e. The summed E-state index contributed by atoms with van der Waals surface area (Å²) in [6, 6.07) is -0.381. The van der Waals surface area contributed by atoms with Gasteiger partial charge in [-0.2, -0.15) is 15.0 Å². The molecular formula is C11H16ClN5O3. The first-order valence-electron chi connectivity index (χ1n) is 6.23. The molecule has 0 aromatic carbocycles. The molecule has 0 saturated carbocycles. The van der Waals surface area contributed by atoms with Crippen LogP contribution in [0.5, 0.6) is 6.01 Å². The average molecular weight is 302 g/mol. The van der Waals surface area contributed by atoms with Crippen molar-refractivity contribution in [2.24, 2.45) is 0 Å². The van der Waals surface area contributed by atoms with Crippen molar-refractivity contribution >= 4 is 23.5 Å². The average Bonchev–Trinajstić information content (AvgIpc) is 2.46. The van der Waals surface area contributed by atoms with Gasteiger partial charge >= 0.3 is 6.01 Å². The van der Waals surface area contributed by atoms with Crippen molar-refractivity contribution < 1.29 is 14.3 Å². The van der Waals surface area contributed by atoms with Crippen LogP contribution in [0.15, 0.2) is 0 Å². The van der Waals surface area contributed by atoms with Crippen LogP contribution in [0, 0.1) is 0 Å². The Balaban J connectivity index is 2.27. The summed E-state index contributed by atoms with van der Waals surface area (Å²) in [5.41, 5.74) is 0. The molecule has 1 fully saturated rings. The number of aromatic nitrogens is 3. The van der Waals surface area contributed by atoms with Crippen LogP contribution in [0.1, 0.15) is 6.92 Å². The fourth-order valence-electron chi connectivity index (χ4n) is 1.89. The summed E-state index contributed by atoms with van der Waals surface area (Å²) >= 11 is 5.84. The third kappa shape index (κ3) is 3.26. The van der Waals surface area contributed by atoms with Gasteiger partial charge in [-0.25, -0.2) is 0 Å². The molecule has 110 valence electrons. The first-order valence-corrected chi connectivity index (χ1v) is 6.61. The Kier molecular flexibility index (Phi) is 4.91. The molecule has 1 saturated heterocycles. The number of carbonyl (C=O) groups is 1. The van der Waals surface area contributed by atoms with Crippen molar-refractivity contribution in [3.63, 3.8) is 0 Å². The van der Waals surface area contributed by atoms with Crippen molar-refractivity contribution in [1.82, 2.24) is 20.3 Å². The summed E-state index contributed by atoms with van der Waals surface area (Å²) in [6.45, 7) is 3.66.